The molecule has 0 bridgehead atoms. The molecule has 6 nitrogen and oxygen atoms in total. The number of nitrogens with zero attached hydrogens (tertiary/aromatic N) is 3. The SMILES string of the molecule is O=c1[nH]c(=S)n(-c2ccc(Cl)cc2)c(O)c1C=C1C=NC(c2ccccc2)=N1. The number of rotatable bonds is 3. The van der Waals surface area contributed by atoms with E-state index in [9.17, 15) is 9.90 Å². The number of hydrogen-bond acceptors (Lipinski definition) is 5. The predicted molar refractivity (Wildman–Crippen MR) is 113 cm³/mol. The van der Waals surface area contributed by atoms with Crippen LogP contribution < -0.4 is 5.56 Å². The first-order valence-electron chi connectivity index (χ1n) is 8.27. The quantitative estimate of drug-likeness (QED) is 0.639. The van der Waals surface area contributed by atoms with E-state index in [1.807, 2.05) is 30.3 Å². The standard InChI is InChI=1S/C20H13ClN4O2S/c21-13-6-8-15(9-7-13)25-19(27)16(18(26)24-20(25)28)10-14-11-22-17(23-14)12-4-2-1-3-5-12/h1-11,27H,(H,24,26,28). The number of aromatic nitrogens is 2. The number of halogens is 1. The monoisotopic (exact) mass is 408 g/mol. The fraction of sp³-hybridized carbons (Fsp3) is 0. The number of nitrogens with one attached hydrogen (secondary N) is 1. The van der Waals surface area contributed by atoms with Gasteiger partial charge in [0.15, 0.2) is 10.6 Å². The number of aromatic hydroxyl groups is 1. The predicted octanol–water partition coefficient (Wildman–Crippen LogP) is 4.13. The smallest absolute Gasteiger partial charge is 0.262 e. The normalized spacial score (nSPS) is 14.5. The number of benzene rings is 2. The third kappa shape index (κ3) is 3.45. The Morgan fingerprint density at radius 1 is 1.11 bits per heavy atom. The molecule has 2 N–H and O–H groups in total. The molecule has 0 fully saturated rings. The lowest BCUT2D eigenvalue weighted by Gasteiger charge is -2.11. The summed E-state index contributed by atoms with van der Waals surface area (Å²) in [5, 5.41) is 11.3. The second-order valence-corrected chi connectivity index (χ2v) is 6.76. The van der Waals surface area contributed by atoms with Gasteiger partial charge in [0.2, 0.25) is 5.88 Å². The first kappa shape index (κ1) is 18.1. The van der Waals surface area contributed by atoms with Crippen LogP contribution in [0.3, 0.4) is 0 Å². The number of amidine groups is 1. The summed E-state index contributed by atoms with van der Waals surface area (Å²) in [5.41, 5.74) is 1.38. The van der Waals surface area contributed by atoms with E-state index in [2.05, 4.69) is 15.0 Å². The zero-order chi connectivity index (χ0) is 19.7. The number of aromatic amines is 1. The molecule has 3 aromatic rings. The largest absolute Gasteiger partial charge is 0.494 e. The Labute approximate surface area is 169 Å². The van der Waals surface area contributed by atoms with Crippen molar-refractivity contribution in [2.45, 2.75) is 0 Å². The lowest BCUT2D eigenvalue weighted by atomic mass is 10.2. The molecule has 28 heavy (non-hydrogen) atoms. The fourth-order valence-corrected chi connectivity index (χ4v) is 3.16. The first-order chi connectivity index (χ1) is 13.5. The van der Waals surface area contributed by atoms with Gasteiger partial charge in [-0.2, -0.15) is 0 Å². The van der Waals surface area contributed by atoms with Crippen LogP contribution in [0.4, 0.5) is 0 Å². The first-order valence-corrected chi connectivity index (χ1v) is 9.05. The van der Waals surface area contributed by atoms with E-state index in [-0.39, 0.29) is 16.2 Å². The van der Waals surface area contributed by atoms with Gasteiger partial charge in [0.05, 0.1) is 17.6 Å². The Hall–Kier alpha value is -3.29. The molecule has 4 rings (SSSR count). The minimum atomic E-state index is -0.517. The van der Waals surface area contributed by atoms with Crippen LogP contribution in [0.1, 0.15) is 11.1 Å². The summed E-state index contributed by atoms with van der Waals surface area (Å²) in [7, 11) is 0. The average molecular weight is 409 g/mol. The maximum atomic E-state index is 12.4. The summed E-state index contributed by atoms with van der Waals surface area (Å²) in [5.74, 6) is 0.244. The van der Waals surface area contributed by atoms with Crippen LogP contribution >= 0.6 is 23.8 Å². The van der Waals surface area contributed by atoms with Crippen LogP contribution in [0, 0.1) is 4.77 Å². The van der Waals surface area contributed by atoms with Crippen LogP contribution in [0.25, 0.3) is 11.8 Å². The molecule has 0 amide bonds. The van der Waals surface area contributed by atoms with Gasteiger partial charge in [-0.25, -0.2) is 9.98 Å². The Balaban J connectivity index is 1.80. The van der Waals surface area contributed by atoms with Crippen LogP contribution in [-0.4, -0.2) is 26.7 Å². The third-order valence-electron chi connectivity index (χ3n) is 4.08. The number of allylic oxidation sites excluding steroid dienone is 1. The molecule has 8 heteroatoms. The molecular formula is C20H13ClN4O2S. The number of aliphatic imine (C=N–C) groups is 2. The van der Waals surface area contributed by atoms with E-state index in [1.54, 1.807) is 24.3 Å². The van der Waals surface area contributed by atoms with E-state index in [0.717, 1.165) is 5.56 Å². The summed E-state index contributed by atoms with van der Waals surface area (Å²) < 4.78 is 1.42. The topological polar surface area (TPSA) is 82.7 Å². The number of hydrogen-bond donors (Lipinski definition) is 2. The molecule has 0 unspecified atom stereocenters. The Bertz CT molecular complexity index is 1260. The van der Waals surface area contributed by atoms with Gasteiger partial charge in [0.1, 0.15) is 5.56 Å². The van der Waals surface area contributed by atoms with E-state index in [1.165, 1.54) is 16.9 Å². The van der Waals surface area contributed by atoms with Crippen molar-refractivity contribution in [3.8, 4) is 11.6 Å². The van der Waals surface area contributed by atoms with Crippen molar-refractivity contribution in [1.29, 1.82) is 0 Å². The molecule has 0 spiro atoms. The minimum Gasteiger partial charge on any atom is -0.494 e. The molecule has 2 heterocycles. The minimum absolute atomic E-state index is 0.0306. The van der Waals surface area contributed by atoms with Crippen molar-refractivity contribution in [1.82, 2.24) is 9.55 Å². The number of H-pyrrole nitrogens is 1. The maximum Gasteiger partial charge on any atom is 0.262 e. The van der Waals surface area contributed by atoms with Gasteiger partial charge in [0, 0.05) is 10.6 Å². The molecule has 1 aliphatic rings. The Morgan fingerprint density at radius 2 is 1.82 bits per heavy atom. The van der Waals surface area contributed by atoms with Crippen molar-refractivity contribution in [3.05, 3.63) is 91.6 Å². The molecule has 2 aromatic carbocycles. The molecule has 1 aliphatic heterocycles. The van der Waals surface area contributed by atoms with Crippen molar-refractivity contribution in [2.75, 3.05) is 0 Å². The highest BCUT2D eigenvalue weighted by atomic mass is 35.5. The van der Waals surface area contributed by atoms with Crippen molar-refractivity contribution in [3.63, 3.8) is 0 Å². The highest BCUT2D eigenvalue weighted by molar-refractivity contribution is 7.71. The summed E-state index contributed by atoms with van der Waals surface area (Å²) in [6.07, 6.45) is 3.00. The van der Waals surface area contributed by atoms with E-state index in [4.69, 9.17) is 23.8 Å². The molecule has 0 saturated heterocycles. The van der Waals surface area contributed by atoms with Crippen LogP contribution in [0.2, 0.25) is 5.02 Å². The average Bonchev–Trinajstić information content (AvgIpc) is 3.16. The molecule has 0 radical (unpaired) electrons. The summed E-state index contributed by atoms with van der Waals surface area (Å²) in [6, 6.07) is 16.2. The van der Waals surface area contributed by atoms with Gasteiger partial charge >= 0.3 is 0 Å². The molecule has 0 aliphatic carbocycles. The summed E-state index contributed by atoms with van der Waals surface area (Å²) in [6.45, 7) is 0. The van der Waals surface area contributed by atoms with Crippen molar-refractivity contribution in [2.24, 2.45) is 9.98 Å². The van der Waals surface area contributed by atoms with Crippen molar-refractivity contribution < 1.29 is 5.11 Å². The molecular weight excluding hydrogens is 396 g/mol. The van der Waals surface area contributed by atoms with Crippen LogP contribution in [0.15, 0.2) is 75.1 Å². The lowest BCUT2D eigenvalue weighted by molar-refractivity contribution is 0.432. The van der Waals surface area contributed by atoms with Gasteiger partial charge in [-0.3, -0.25) is 14.3 Å². The second-order valence-electron chi connectivity index (χ2n) is 5.94. The van der Waals surface area contributed by atoms with Gasteiger partial charge in [-0.05, 0) is 42.6 Å². The molecule has 1 aromatic heterocycles. The Kier molecular flexibility index (Phi) is 4.77. The second kappa shape index (κ2) is 7.38. The van der Waals surface area contributed by atoms with E-state index < -0.39 is 5.56 Å². The summed E-state index contributed by atoms with van der Waals surface area (Å²) in [4.78, 5) is 23.6. The van der Waals surface area contributed by atoms with E-state index >= 15 is 0 Å². The summed E-state index contributed by atoms with van der Waals surface area (Å²) >= 11 is 11.1. The fourth-order valence-electron chi connectivity index (χ4n) is 2.75. The van der Waals surface area contributed by atoms with Gasteiger partial charge in [0.25, 0.3) is 5.56 Å². The molecule has 0 saturated carbocycles. The highest BCUT2D eigenvalue weighted by Gasteiger charge is 2.15. The molecule has 138 valence electrons. The van der Waals surface area contributed by atoms with Crippen molar-refractivity contribution >= 4 is 41.9 Å². The highest BCUT2D eigenvalue weighted by Crippen LogP contribution is 2.23. The van der Waals surface area contributed by atoms with Gasteiger partial charge < -0.3 is 5.11 Å². The van der Waals surface area contributed by atoms with Gasteiger partial charge in [-0.1, -0.05) is 41.9 Å². The van der Waals surface area contributed by atoms with Crippen LogP contribution in [0.5, 0.6) is 5.88 Å². The van der Waals surface area contributed by atoms with Gasteiger partial charge in [-0.15, -0.1) is 0 Å². The van der Waals surface area contributed by atoms with Crippen LogP contribution in [-0.2, 0) is 0 Å². The zero-order valence-corrected chi connectivity index (χ0v) is 15.9. The molecule has 0 atom stereocenters. The third-order valence-corrected chi connectivity index (χ3v) is 4.62. The van der Waals surface area contributed by atoms with E-state index in [0.29, 0.717) is 22.2 Å². The lowest BCUT2D eigenvalue weighted by Crippen LogP contribution is -2.16. The zero-order valence-electron chi connectivity index (χ0n) is 14.3. The Morgan fingerprint density at radius 3 is 2.54 bits per heavy atom. The maximum absolute atomic E-state index is 12.4.